The molecule has 0 aliphatic carbocycles. The standard InChI is InChI=1S/C22H23NO/c1-2-3-6-15-24-22-13-9-18(10-14-22)17-23-21-12-11-19-7-4-5-8-20(19)16-21/h4-5,7-14,16-17H,2-3,6,15H2,1H3. The number of rotatable bonds is 7. The Kier molecular flexibility index (Phi) is 5.62. The van der Waals surface area contributed by atoms with Gasteiger partial charge in [-0.05, 0) is 59.2 Å². The smallest absolute Gasteiger partial charge is 0.119 e. The first kappa shape index (κ1) is 16.3. The maximum Gasteiger partial charge on any atom is 0.119 e. The lowest BCUT2D eigenvalue weighted by Crippen LogP contribution is -1.96. The van der Waals surface area contributed by atoms with Crippen LogP contribution in [-0.4, -0.2) is 12.8 Å². The van der Waals surface area contributed by atoms with Gasteiger partial charge in [0.15, 0.2) is 0 Å². The molecule has 0 radical (unpaired) electrons. The molecule has 3 rings (SSSR count). The van der Waals surface area contributed by atoms with E-state index in [2.05, 4.69) is 48.3 Å². The van der Waals surface area contributed by atoms with E-state index in [9.17, 15) is 0 Å². The molecule has 2 heteroatoms. The van der Waals surface area contributed by atoms with Crippen molar-refractivity contribution in [1.29, 1.82) is 0 Å². The molecular weight excluding hydrogens is 294 g/mol. The summed E-state index contributed by atoms with van der Waals surface area (Å²) in [6.07, 6.45) is 5.44. The molecule has 0 heterocycles. The van der Waals surface area contributed by atoms with Gasteiger partial charge in [0.2, 0.25) is 0 Å². The first-order valence-electron chi connectivity index (χ1n) is 8.61. The van der Waals surface area contributed by atoms with Gasteiger partial charge in [-0.15, -0.1) is 0 Å². The van der Waals surface area contributed by atoms with E-state index in [1.807, 2.05) is 36.5 Å². The predicted octanol–water partition coefficient (Wildman–Crippen LogP) is 6.16. The summed E-state index contributed by atoms with van der Waals surface area (Å²) in [7, 11) is 0. The molecule has 0 saturated carbocycles. The zero-order valence-electron chi connectivity index (χ0n) is 14.1. The first-order chi connectivity index (χ1) is 11.8. The van der Waals surface area contributed by atoms with Crippen LogP contribution in [0.25, 0.3) is 10.8 Å². The van der Waals surface area contributed by atoms with Crippen LogP contribution in [0.4, 0.5) is 5.69 Å². The molecule has 0 aliphatic rings. The van der Waals surface area contributed by atoms with Crippen molar-refractivity contribution in [2.75, 3.05) is 6.61 Å². The fraction of sp³-hybridized carbons (Fsp3) is 0.227. The second kappa shape index (κ2) is 8.30. The van der Waals surface area contributed by atoms with Crippen molar-refractivity contribution in [3.8, 4) is 5.75 Å². The molecule has 3 aromatic rings. The third-order valence-electron chi connectivity index (χ3n) is 3.99. The van der Waals surface area contributed by atoms with Crippen molar-refractivity contribution in [1.82, 2.24) is 0 Å². The lowest BCUT2D eigenvalue weighted by molar-refractivity contribution is 0.306. The summed E-state index contributed by atoms with van der Waals surface area (Å²) in [6, 6.07) is 22.7. The van der Waals surface area contributed by atoms with Gasteiger partial charge in [-0.3, -0.25) is 4.99 Å². The SMILES string of the molecule is CCCCCOc1ccc(C=Nc2ccc3ccccc3c2)cc1. The maximum absolute atomic E-state index is 5.73. The van der Waals surface area contributed by atoms with Crippen LogP contribution in [-0.2, 0) is 0 Å². The summed E-state index contributed by atoms with van der Waals surface area (Å²) >= 11 is 0. The molecule has 24 heavy (non-hydrogen) atoms. The fourth-order valence-electron chi connectivity index (χ4n) is 2.60. The van der Waals surface area contributed by atoms with Crippen LogP contribution in [0.5, 0.6) is 5.75 Å². The van der Waals surface area contributed by atoms with Crippen molar-refractivity contribution in [2.45, 2.75) is 26.2 Å². The maximum atomic E-state index is 5.73. The average molecular weight is 317 g/mol. The molecule has 0 saturated heterocycles. The van der Waals surface area contributed by atoms with E-state index in [-0.39, 0.29) is 0 Å². The van der Waals surface area contributed by atoms with E-state index in [1.54, 1.807) is 0 Å². The molecule has 0 amide bonds. The van der Waals surface area contributed by atoms with Crippen LogP contribution in [0, 0.1) is 0 Å². The molecule has 0 N–H and O–H groups in total. The van der Waals surface area contributed by atoms with Gasteiger partial charge < -0.3 is 4.74 Å². The van der Waals surface area contributed by atoms with Gasteiger partial charge in [0.25, 0.3) is 0 Å². The summed E-state index contributed by atoms with van der Waals surface area (Å²) in [5, 5.41) is 2.45. The van der Waals surface area contributed by atoms with Gasteiger partial charge in [0, 0.05) is 6.21 Å². The highest BCUT2D eigenvalue weighted by Gasteiger charge is 1.96. The molecule has 0 fully saturated rings. The zero-order chi connectivity index (χ0) is 16.6. The molecule has 0 atom stereocenters. The Hall–Kier alpha value is -2.61. The minimum Gasteiger partial charge on any atom is -0.494 e. The number of benzene rings is 3. The van der Waals surface area contributed by atoms with Gasteiger partial charge in [-0.2, -0.15) is 0 Å². The van der Waals surface area contributed by atoms with Crippen LogP contribution in [0.2, 0.25) is 0 Å². The quantitative estimate of drug-likeness (QED) is 0.378. The first-order valence-corrected chi connectivity index (χ1v) is 8.61. The van der Waals surface area contributed by atoms with Crippen molar-refractivity contribution >= 4 is 22.7 Å². The van der Waals surface area contributed by atoms with Crippen molar-refractivity contribution in [3.05, 3.63) is 72.3 Å². The molecular formula is C22H23NO. The fourth-order valence-corrected chi connectivity index (χ4v) is 2.60. The Morgan fingerprint density at radius 2 is 1.67 bits per heavy atom. The zero-order valence-corrected chi connectivity index (χ0v) is 14.1. The molecule has 2 nitrogen and oxygen atoms in total. The van der Waals surface area contributed by atoms with Gasteiger partial charge in [-0.25, -0.2) is 0 Å². The number of aliphatic imine (C=N–C) groups is 1. The number of unbranched alkanes of at least 4 members (excludes halogenated alkanes) is 2. The Morgan fingerprint density at radius 1 is 0.875 bits per heavy atom. The minimum absolute atomic E-state index is 0.790. The molecule has 3 aromatic carbocycles. The van der Waals surface area contributed by atoms with Crippen LogP contribution < -0.4 is 4.74 Å². The van der Waals surface area contributed by atoms with Crippen LogP contribution in [0.15, 0.2) is 71.7 Å². The molecule has 0 unspecified atom stereocenters. The topological polar surface area (TPSA) is 21.6 Å². The van der Waals surface area contributed by atoms with E-state index in [0.717, 1.165) is 30.0 Å². The number of ether oxygens (including phenoxy) is 1. The number of hydrogen-bond acceptors (Lipinski definition) is 2. The summed E-state index contributed by atoms with van der Waals surface area (Å²) in [6.45, 7) is 2.99. The Morgan fingerprint density at radius 3 is 2.46 bits per heavy atom. The largest absolute Gasteiger partial charge is 0.494 e. The highest BCUT2D eigenvalue weighted by molar-refractivity contribution is 5.87. The summed E-state index contributed by atoms with van der Waals surface area (Å²) < 4.78 is 5.73. The van der Waals surface area contributed by atoms with E-state index in [4.69, 9.17) is 4.74 Å². The molecule has 0 bridgehead atoms. The molecule has 0 aromatic heterocycles. The van der Waals surface area contributed by atoms with Crippen molar-refractivity contribution in [3.63, 3.8) is 0 Å². The van der Waals surface area contributed by atoms with E-state index in [1.165, 1.54) is 23.6 Å². The highest BCUT2D eigenvalue weighted by atomic mass is 16.5. The number of fused-ring (bicyclic) bond motifs is 1. The lowest BCUT2D eigenvalue weighted by atomic mass is 10.1. The minimum atomic E-state index is 0.790. The molecule has 122 valence electrons. The second-order valence-electron chi connectivity index (χ2n) is 5.91. The van der Waals surface area contributed by atoms with Crippen LogP contribution in [0.3, 0.4) is 0 Å². The predicted molar refractivity (Wildman–Crippen MR) is 103 cm³/mol. The van der Waals surface area contributed by atoms with E-state index < -0.39 is 0 Å². The summed E-state index contributed by atoms with van der Waals surface area (Å²) in [5.74, 6) is 0.925. The van der Waals surface area contributed by atoms with E-state index in [0.29, 0.717) is 0 Å². The third-order valence-corrected chi connectivity index (χ3v) is 3.99. The normalized spacial score (nSPS) is 11.2. The van der Waals surface area contributed by atoms with Crippen LogP contribution in [0.1, 0.15) is 31.7 Å². The lowest BCUT2D eigenvalue weighted by Gasteiger charge is -2.05. The third kappa shape index (κ3) is 4.45. The van der Waals surface area contributed by atoms with Gasteiger partial charge in [0.05, 0.1) is 12.3 Å². The van der Waals surface area contributed by atoms with E-state index >= 15 is 0 Å². The van der Waals surface area contributed by atoms with Gasteiger partial charge in [0.1, 0.15) is 5.75 Å². The highest BCUT2D eigenvalue weighted by Crippen LogP contribution is 2.21. The summed E-state index contributed by atoms with van der Waals surface area (Å²) in [5.41, 5.74) is 2.04. The Labute approximate surface area is 143 Å². The number of hydrogen-bond donors (Lipinski definition) is 0. The Balaban J connectivity index is 1.63. The van der Waals surface area contributed by atoms with Gasteiger partial charge in [-0.1, -0.05) is 50.1 Å². The monoisotopic (exact) mass is 317 g/mol. The van der Waals surface area contributed by atoms with Crippen molar-refractivity contribution in [2.24, 2.45) is 4.99 Å². The molecule has 0 spiro atoms. The molecule has 0 aliphatic heterocycles. The average Bonchev–Trinajstić information content (AvgIpc) is 2.64. The number of nitrogens with zero attached hydrogens (tertiary/aromatic N) is 1. The van der Waals surface area contributed by atoms with Crippen molar-refractivity contribution < 1.29 is 4.74 Å². The Bertz CT molecular complexity index is 806. The summed E-state index contributed by atoms with van der Waals surface area (Å²) in [4.78, 5) is 4.58. The van der Waals surface area contributed by atoms with Gasteiger partial charge >= 0.3 is 0 Å². The van der Waals surface area contributed by atoms with Crippen LogP contribution >= 0.6 is 0 Å². The second-order valence-corrected chi connectivity index (χ2v) is 5.91.